The summed E-state index contributed by atoms with van der Waals surface area (Å²) in [5, 5.41) is 23.5. The molecule has 6 nitrogen and oxygen atoms in total. The van der Waals surface area contributed by atoms with E-state index in [1.54, 1.807) is 24.3 Å². The molecule has 0 saturated carbocycles. The van der Waals surface area contributed by atoms with E-state index in [-0.39, 0.29) is 13.1 Å². The Morgan fingerprint density at radius 3 is 2.37 bits per heavy atom. The number of carboxylic acid groups (broad SMARTS) is 1. The van der Waals surface area contributed by atoms with Crippen molar-refractivity contribution in [1.29, 1.82) is 0 Å². The molecule has 2 amide bonds. The summed E-state index contributed by atoms with van der Waals surface area (Å²) in [4.78, 5) is 22.0. The molecule has 1 aromatic carbocycles. The molecule has 0 saturated heterocycles. The molecule has 0 bridgehead atoms. The van der Waals surface area contributed by atoms with Gasteiger partial charge in [0.05, 0.1) is 6.54 Å². The van der Waals surface area contributed by atoms with Crippen LogP contribution in [0.3, 0.4) is 0 Å². The van der Waals surface area contributed by atoms with Crippen molar-refractivity contribution in [3.63, 3.8) is 0 Å². The second-order valence-electron chi connectivity index (χ2n) is 4.24. The number of hydrogen-bond donors (Lipinski definition) is 4. The van der Waals surface area contributed by atoms with Crippen molar-refractivity contribution in [3.8, 4) is 0 Å². The van der Waals surface area contributed by atoms with Crippen LogP contribution in [0.2, 0.25) is 5.02 Å². The van der Waals surface area contributed by atoms with Gasteiger partial charge < -0.3 is 20.8 Å². The summed E-state index contributed by atoms with van der Waals surface area (Å²) >= 11 is 5.72. The van der Waals surface area contributed by atoms with Gasteiger partial charge in [-0.1, -0.05) is 23.7 Å². The van der Waals surface area contributed by atoms with Crippen molar-refractivity contribution in [2.45, 2.75) is 19.1 Å². The molecule has 7 heteroatoms. The van der Waals surface area contributed by atoms with Crippen molar-refractivity contribution in [1.82, 2.24) is 10.6 Å². The first-order valence-corrected chi connectivity index (χ1v) is 5.91. The zero-order valence-electron chi connectivity index (χ0n) is 10.3. The number of aliphatic hydroxyl groups is 1. The lowest BCUT2D eigenvalue weighted by Gasteiger charge is -2.18. The van der Waals surface area contributed by atoms with Crippen molar-refractivity contribution >= 4 is 23.6 Å². The van der Waals surface area contributed by atoms with Gasteiger partial charge in [0.15, 0.2) is 5.60 Å². The number of carboxylic acids is 1. The molecule has 0 spiro atoms. The lowest BCUT2D eigenvalue weighted by Crippen LogP contribution is -2.48. The SMILES string of the molecule is CC(O)(CNC(=O)NCc1ccc(Cl)cc1)C(=O)O. The zero-order valence-corrected chi connectivity index (χ0v) is 11.1. The van der Waals surface area contributed by atoms with Crippen LogP contribution in [0.5, 0.6) is 0 Å². The number of rotatable bonds is 5. The van der Waals surface area contributed by atoms with Crippen LogP contribution in [0.25, 0.3) is 0 Å². The second kappa shape index (κ2) is 6.40. The Kier molecular flexibility index (Phi) is 5.14. The topological polar surface area (TPSA) is 98.7 Å². The molecule has 0 radical (unpaired) electrons. The standard InChI is InChI=1S/C12H15ClN2O4/c1-12(19,10(16)17)7-15-11(18)14-6-8-2-4-9(13)5-3-8/h2-5,19H,6-7H2,1H3,(H,16,17)(H2,14,15,18). The largest absolute Gasteiger partial charge is 0.479 e. The highest BCUT2D eigenvalue weighted by Gasteiger charge is 2.30. The van der Waals surface area contributed by atoms with Gasteiger partial charge in [-0.3, -0.25) is 0 Å². The third-order valence-corrected chi connectivity index (χ3v) is 2.67. The van der Waals surface area contributed by atoms with Crippen LogP contribution in [0.15, 0.2) is 24.3 Å². The van der Waals surface area contributed by atoms with Gasteiger partial charge in [0.2, 0.25) is 0 Å². The van der Waals surface area contributed by atoms with E-state index in [1.165, 1.54) is 0 Å². The summed E-state index contributed by atoms with van der Waals surface area (Å²) in [5.74, 6) is -1.40. The Hall–Kier alpha value is -1.79. The minimum atomic E-state index is -1.99. The van der Waals surface area contributed by atoms with E-state index in [0.29, 0.717) is 5.02 Å². The summed E-state index contributed by atoms with van der Waals surface area (Å²) < 4.78 is 0. The van der Waals surface area contributed by atoms with Crippen molar-refractivity contribution < 1.29 is 19.8 Å². The van der Waals surface area contributed by atoms with Crippen molar-refractivity contribution in [2.24, 2.45) is 0 Å². The van der Waals surface area contributed by atoms with Crippen LogP contribution < -0.4 is 10.6 Å². The quantitative estimate of drug-likeness (QED) is 0.648. The van der Waals surface area contributed by atoms with E-state index >= 15 is 0 Å². The molecule has 1 unspecified atom stereocenters. The van der Waals surface area contributed by atoms with E-state index in [4.69, 9.17) is 16.7 Å². The molecule has 4 N–H and O–H groups in total. The molecule has 19 heavy (non-hydrogen) atoms. The Balaban J connectivity index is 2.36. The lowest BCUT2D eigenvalue weighted by molar-refractivity contribution is -0.155. The Bertz CT molecular complexity index is 459. The van der Waals surface area contributed by atoms with Gasteiger partial charge in [-0.05, 0) is 24.6 Å². The summed E-state index contributed by atoms with van der Waals surface area (Å²) in [6.45, 7) is 1.00. The normalized spacial score (nSPS) is 13.4. The predicted molar refractivity (Wildman–Crippen MR) is 70.0 cm³/mol. The number of carbonyl (C=O) groups is 2. The first-order valence-electron chi connectivity index (χ1n) is 5.53. The minimum absolute atomic E-state index is 0.276. The van der Waals surface area contributed by atoms with E-state index in [1.807, 2.05) is 0 Å². The van der Waals surface area contributed by atoms with Gasteiger partial charge in [-0.25, -0.2) is 9.59 Å². The molecule has 0 aliphatic rings. The minimum Gasteiger partial charge on any atom is -0.479 e. The van der Waals surface area contributed by atoms with Gasteiger partial charge in [0.25, 0.3) is 0 Å². The fourth-order valence-electron chi connectivity index (χ4n) is 1.18. The van der Waals surface area contributed by atoms with E-state index in [9.17, 15) is 14.7 Å². The molecule has 0 aliphatic heterocycles. The smallest absolute Gasteiger partial charge is 0.337 e. The molecule has 0 heterocycles. The number of hydrogen-bond acceptors (Lipinski definition) is 3. The third-order valence-electron chi connectivity index (χ3n) is 2.42. The van der Waals surface area contributed by atoms with E-state index < -0.39 is 17.6 Å². The van der Waals surface area contributed by atoms with Gasteiger partial charge >= 0.3 is 12.0 Å². The van der Waals surface area contributed by atoms with Gasteiger partial charge in [-0.15, -0.1) is 0 Å². The highest BCUT2D eigenvalue weighted by atomic mass is 35.5. The number of carbonyl (C=O) groups excluding carboxylic acids is 1. The van der Waals surface area contributed by atoms with Crippen LogP contribution in [0.4, 0.5) is 4.79 Å². The average molecular weight is 287 g/mol. The number of aliphatic carboxylic acids is 1. The summed E-state index contributed by atoms with van der Waals surface area (Å²) in [6, 6.07) is 6.36. The third kappa shape index (κ3) is 5.15. The van der Waals surface area contributed by atoms with Gasteiger partial charge in [-0.2, -0.15) is 0 Å². The molecule has 0 aromatic heterocycles. The van der Waals surface area contributed by atoms with E-state index in [2.05, 4.69) is 10.6 Å². The Morgan fingerprint density at radius 1 is 1.26 bits per heavy atom. The summed E-state index contributed by atoms with van der Waals surface area (Å²) in [7, 11) is 0. The number of halogens is 1. The maximum absolute atomic E-state index is 11.4. The lowest BCUT2D eigenvalue weighted by atomic mass is 10.1. The Labute approximate surface area is 115 Å². The van der Waals surface area contributed by atoms with Gasteiger partial charge in [0.1, 0.15) is 0 Å². The zero-order chi connectivity index (χ0) is 14.5. The van der Waals surface area contributed by atoms with Gasteiger partial charge in [0, 0.05) is 11.6 Å². The predicted octanol–water partition coefficient (Wildman–Crippen LogP) is 0.975. The fraction of sp³-hybridized carbons (Fsp3) is 0.333. The molecular formula is C12H15ClN2O4. The van der Waals surface area contributed by atoms with Crippen LogP contribution in [0.1, 0.15) is 12.5 Å². The number of amides is 2. The van der Waals surface area contributed by atoms with E-state index in [0.717, 1.165) is 12.5 Å². The monoisotopic (exact) mass is 286 g/mol. The van der Waals surface area contributed by atoms with Crippen LogP contribution in [0, 0.1) is 0 Å². The maximum atomic E-state index is 11.4. The molecule has 1 aromatic rings. The summed E-state index contributed by atoms with van der Waals surface area (Å²) in [5.41, 5.74) is -1.14. The number of nitrogens with one attached hydrogen (secondary N) is 2. The molecule has 1 atom stereocenters. The number of urea groups is 1. The molecule has 0 aliphatic carbocycles. The first kappa shape index (κ1) is 15.3. The maximum Gasteiger partial charge on any atom is 0.337 e. The first-order chi connectivity index (χ1) is 8.81. The molecule has 104 valence electrons. The van der Waals surface area contributed by atoms with Crippen molar-refractivity contribution in [3.05, 3.63) is 34.9 Å². The van der Waals surface area contributed by atoms with Crippen LogP contribution in [-0.4, -0.2) is 34.4 Å². The molecule has 1 rings (SSSR count). The molecular weight excluding hydrogens is 272 g/mol. The highest BCUT2D eigenvalue weighted by molar-refractivity contribution is 6.30. The molecule has 0 fully saturated rings. The Morgan fingerprint density at radius 2 is 1.84 bits per heavy atom. The number of benzene rings is 1. The van der Waals surface area contributed by atoms with Crippen LogP contribution >= 0.6 is 11.6 Å². The second-order valence-corrected chi connectivity index (χ2v) is 4.68. The summed E-state index contributed by atoms with van der Waals surface area (Å²) in [6.07, 6.45) is 0. The van der Waals surface area contributed by atoms with Crippen molar-refractivity contribution in [2.75, 3.05) is 6.54 Å². The van der Waals surface area contributed by atoms with Crippen LogP contribution in [-0.2, 0) is 11.3 Å². The fourth-order valence-corrected chi connectivity index (χ4v) is 1.30. The average Bonchev–Trinajstić information content (AvgIpc) is 2.35. The highest BCUT2D eigenvalue weighted by Crippen LogP contribution is 2.09.